The van der Waals surface area contributed by atoms with E-state index in [1.165, 1.54) is 0 Å². The van der Waals surface area contributed by atoms with Crippen LogP contribution in [0.25, 0.3) is 11.0 Å². The highest BCUT2D eigenvalue weighted by Gasteiger charge is 2.24. The fraction of sp³-hybridized carbons (Fsp3) is 0.0435. The third-order valence-corrected chi connectivity index (χ3v) is 4.80. The molecule has 0 fully saturated rings. The van der Waals surface area contributed by atoms with Crippen LogP contribution in [-0.2, 0) is 0 Å². The van der Waals surface area contributed by atoms with Gasteiger partial charge in [-0.3, -0.25) is 9.59 Å². The molecule has 0 saturated carbocycles. The molecule has 0 aliphatic heterocycles. The number of nitrogens with one attached hydrogen (secondary N) is 1. The van der Waals surface area contributed by atoms with Gasteiger partial charge >= 0.3 is 0 Å². The zero-order chi connectivity index (χ0) is 19.7. The van der Waals surface area contributed by atoms with Crippen LogP contribution in [0.15, 0.2) is 77.2 Å². The fourth-order valence-corrected chi connectivity index (χ4v) is 3.21. The number of hydrogen-bond acceptors (Lipinski definition) is 3. The lowest BCUT2D eigenvalue weighted by molar-refractivity contribution is 0.101. The van der Waals surface area contributed by atoms with Crippen molar-refractivity contribution in [3.05, 3.63) is 100 Å². The second-order valence-electron chi connectivity index (χ2n) is 6.43. The molecule has 4 aromatic rings. The Morgan fingerprint density at radius 1 is 0.893 bits per heavy atom. The van der Waals surface area contributed by atoms with E-state index in [1.54, 1.807) is 48.5 Å². The summed E-state index contributed by atoms with van der Waals surface area (Å²) in [6, 6.07) is 21.1. The van der Waals surface area contributed by atoms with Crippen molar-refractivity contribution >= 4 is 39.9 Å². The summed E-state index contributed by atoms with van der Waals surface area (Å²) in [4.78, 5) is 25.8. The fourth-order valence-electron chi connectivity index (χ4n) is 2.99. The van der Waals surface area contributed by atoms with Gasteiger partial charge < -0.3 is 9.73 Å². The number of aryl methyl sites for hydroxylation is 1. The van der Waals surface area contributed by atoms with Gasteiger partial charge in [0, 0.05) is 10.9 Å². The molecule has 1 heterocycles. The Morgan fingerprint density at radius 3 is 2.32 bits per heavy atom. The average molecular weight is 390 g/mol. The Hall–Kier alpha value is -3.37. The first kappa shape index (κ1) is 18.0. The molecule has 0 spiro atoms. The molecule has 0 radical (unpaired) electrons. The number of anilines is 1. The number of hydrogen-bond donors (Lipinski definition) is 1. The van der Waals surface area contributed by atoms with E-state index in [9.17, 15) is 9.59 Å². The van der Waals surface area contributed by atoms with Crippen LogP contribution in [-0.4, -0.2) is 11.7 Å². The summed E-state index contributed by atoms with van der Waals surface area (Å²) < 4.78 is 5.82. The first-order chi connectivity index (χ1) is 13.5. The van der Waals surface area contributed by atoms with Crippen molar-refractivity contribution < 1.29 is 14.0 Å². The second kappa shape index (κ2) is 7.33. The normalized spacial score (nSPS) is 10.8. The third kappa shape index (κ3) is 3.30. The summed E-state index contributed by atoms with van der Waals surface area (Å²) in [5.41, 5.74) is 2.72. The van der Waals surface area contributed by atoms with Gasteiger partial charge in [-0.1, -0.05) is 65.7 Å². The molecule has 3 aromatic carbocycles. The average Bonchev–Trinajstić information content (AvgIpc) is 3.07. The molecule has 1 N–H and O–H groups in total. The summed E-state index contributed by atoms with van der Waals surface area (Å²) in [5, 5.41) is 3.80. The van der Waals surface area contributed by atoms with Crippen molar-refractivity contribution in [1.82, 2.24) is 0 Å². The monoisotopic (exact) mass is 389 g/mol. The minimum absolute atomic E-state index is 0.0884. The molecule has 0 aliphatic carbocycles. The van der Waals surface area contributed by atoms with Gasteiger partial charge in [0.1, 0.15) is 5.58 Å². The Kier molecular flexibility index (Phi) is 4.72. The lowest BCUT2D eigenvalue weighted by atomic mass is 10.1. The van der Waals surface area contributed by atoms with Crippen molar-refractivity contribution in [1.29, 1.82) is 0 Å². The van der Waals surface area contributed by atoms with Gasteiger partial charge in [0.2, 0.25) is 5.78 Å². The van der Waals surface area contributed by atoms with E-state index in [4.69, 9.17) is 16.0 Å². The molecule has 28 heavy (non-hydrogen) atoms. The van der Waals surface area contributed by atoms with E-state index in [-0.39, 0.29) is 11.5 Å². The van der Waals surface area contributed by atoms with Gasteiger partial charge in [-0.15, -0.1) is 0 Å². The number of carbonyl (C=O) groups is 2. The van der Waals surface area contributed by atoms with Gasteiger partial charge in [-0.25, -0.2) is 0 Å². The maximum atomic E-state index is 13.1. The van der Waals surface area contributed by atoms with Crippen molar-refractivity contribution in [2.75, 3.05) is 5.32 Å². The summed E-state index contributed by atoms with van der Waals surface area (Å²) in [7, 11) is 0. The molecule has 4 nitrogen and oxygen atoms in total. The van der Waals surface area contributed by atoms with Crippen molar-refractivity contribution in [2.45, 2.75) is 6.92 Å². The molecule has 0 unspecified atom stereocenters. The Labute approximate surface area is 166 Å². The summed E-state index contributed by atoms with van der Waals surface area (Å²) in [6.07, 6.45) is 0. The summed E-state index contributed by atoms with van der Waals surface area (Å²) in [6.45, 7) is 1.95. The smallest absolute Gasteiger partial charge is 0.257 e. The molecule has 4 rings (SSSR count). The van der Waals surface area contributed by atoms with Crippen LogP contribution in [0.1, 0.15) is 32.0 Å². The minimum atomic E-state index is -0.407. The number of halogens is 1. The van der Waals surface area contributed by atoms with Crippen molar-refractivity contribution in [3.63, 3.8) is 0 Å². The van der Waals surface area contributed by atoms with Crippen molar-refractivity contribution in [2.24, 2.45) is 0 Å². The van der Waals surface area contributed by atoms with Crippen LogP contribution in [0, 0.1) is 6.92 Å². The molecule has 5 heteroatoms. The number of furan rings is 1. The molecule has 1 aromatic heterocycles. The highest BCUT2D eigenvalue weighted by atomic mass is 35.5. The number of benzene rings is 3. The van der Waals surface area contributed by atoms with Gasteiger partial charge in [0.25, 0.3) is 5.91 Å². The van der Waals surface area contributed by atoms with Crippen LogP contribution < -0.4 is 5.32 Å². The Balaban J connectivity index is 1.79. The minimum Gasteiger partial charge on any atom is -0.450 e. The lowest BCUT2D eigenvalue weighted by Gasteiger charge is -2.07. The summed E-state index contributed by atoms with van der Waals surface area (Å²) >= 11 is 6.14. The van der Waals surface area contributed by atoms with E-state index in [2.05, 4.69) is 5.32 Å². The Bertz CT molecular complexity index is 1190. The van der Waals surface area contributed by atoms with E-state index < -0.39 is 5.91 Å². The molecule has 0 aliphatic rings. The number of carbonyl (C=O) groups excluding carboxylic acids is 2. The maximum Gasteiger partial charge on any atom is 0.257 e. The van der Waals surface area contributed by atoms with E-state index >= 15 is 0 Å². The standard InChI is InChI=1S/C23H16ClNO3/c1-14-10-12-15(13-11-14)21(26)22-20(17-7-3-5-9-19(17)28-22)25-23(27)16-6-2-4-8-18(16)24/h2-13H,1H3,(H,25,27). The molecular weight excluding hydrogens is 374 g/mol. The van der Waals surface area contributed by atoms with Crippen LogP contribution in [0.2, 0.25) is 5.02 Å². The van der Waals surface area contributed by atoms with Gasteiger partial charge in [0.05, 0.1) is 16.3 Å². The molecular formula is C23H16ClNO3. The first-order valence-electron chi connectivity index (χ1n) is 8.73. The first-order valence-corrected chi connectivity index (χ1v) is 9.11. The van der Waals surface area contributed by atoms with Crippen LogP contribution in [0.4, 0.5) is 5.69 Å². The number of para-hydroxylation sites is 1. The maximum absolute atomic E-state index is 13.1. The van der Waals surface area contributed by atoms with E-state index in [0.29, 0.717) is 32.8 Å². The van der Waals surface area contributed by atoms with Gasteiger partial charge in [0.15, 0.2) is 5.76 Å². The highest BCUT2D eigenvalue weighted by Crippen LogP contribution is 2.33. The van der Waals surface area contributed by atoms with Crippen LogP contribution in [0.3, 0.4) is 0 Å². The predicted octanol–water partition coefficient (Wildman–Crippen LogP) is 5.88. The highest BCUT2D eigenvalue weighted by molar-refractivity contribution is 6.34. The van der Waals surface area contributed by atoms with Crippen LogP contribution in [0.5, 0.6) is 0 Å². The quantitative estimate of drug-likeness (QED) is 0.443. The molecule has 1 amide bonds. The lowest BCUT2D eigenvalue weighted by Crippen LogP contribution is -2.14. The van der Waals surface area contributed by atoms with Gasteiger partial charge in [-0.05, 0) is 31.2 Å². The zero-order valence-electron chi connectivity index (χ0n) is 15.0. The largest absolute Gasteiger partial charge is 0.450 e. The zero-order valence-corrected chi connectivity index (χ0v) is 15.8. The molecule has 0 saturated heterocycles. The van der Waals surface area contributed by atoms with Crippen molar-refractivity contribution in [3.8, 4) is 0 Å². The van der Waals surface area contributed by atoms with E-state index in [1.807, 2.05) is 31.2 Å². The molecule has 0 bridgehead atoms. The third-order valence-electron chi connectivity index (χ3n) is 4.47. The molecule has 138 valence electrons. The topological polar surface area (TPSA) is 59.3 Å². The van der Waals surface area contributed by atoms with Crippen LogP contribution >= 0.6 is 11.6 Å². The SMILES string of the molecule is Cc1ccc(C(=O)c2oc3ccccc3c2NC(=O)c2ccccc2Cl)cc1. The number of fused-ring (bicyclic) bond motifs is 1. The second-order valence-corrected chi connectivity index (χ2v) is 6.84. The summed E-state index contributed by atoms with van der Waals surface area (Å²) in [5.74, 6) is -0.619. The Morgan fingerprint density at radius 2 is 1.57 bits per heavy atom. The predicted molar refractivity (Wildman–Crippen MR) is 110 cm³/mol. The molecule has 0 atom stereocenters. The van der Waals surface area contributed by atoms with E-state index in [0.717, 1.165) is 5.56 Å². The number of amides is 1. The number of rotatable bonds is 4. The number of ketones is 1. The van der Waals surface area contributed by atoms with Gasteiger partial charge in [-0.2, -0.15) is 0 Å².